The first-order chi connectivity index (χ1) is 11.7. The maximum atomic E-state index is 12.4. The molecule has 0 saturated heterocycles. The lowest BCUT2D eigenvalue weighted by molar-refractivity contribution is -0.122. The molecule has 2 N–H and O–H groups in total. The normalized spacial score (nSPS) is 11.0. The Labute approximate surface area is 141 Å². The first kappa shape index (κ1) is 17.1. The lowest BCUT2D eigenvalue weighted by Gasteiger charge is -2.18. The van der Waals surface area contributed by atoms with Crippen LogP contribution in [0, 0.1) is 12.3 Å². The zero-order chi connectivity index (χ0) is 17.4. The van der Waals surface area contributed by atoms with Gasteiger partial charge in [-0.3, -0.25) is 9.59 Å². The average molecular weight is 322 g/mol. The predicted molar refractivity (Wildman–Crippen MR) is 91.5 cm³/mol. The van der Waals surface area contributed by atoms with Crippen molar-refractivity contribution >= 4 is 11.8 Å². The van der Waals surface area contributed by atoms with Crippen molar-refractivity contribution in [3.05, 3.63) is 65.7 Å². The molecule has 0 aliphatic heterocycles. The highest BCUT2D eigenvalue weighted by Crippen LogP contribution is 2.15. The lowest BCUT2D eigenvalue weighted by atomic mass is 10.1. The molecule has 0 aromatic heterocycles. The highest BCUT2D eigenvalue weighted by Gasteiger charge is 2.22. The fraction of sp³-hybridized carbons (Fsp3) is 0.158. The van der Waals surface area contributed by atoms with Gasteiger partial charge in [0.2, 0.25) is 5.91 Å². The quantitative estimate of drug-likeness (QED) is 0.799. The molecule has 0 fully saturated rings. The van der Waals surface area contributed by atoms with E-state index < -0.39 is 6.04 Å². The van der Waals surface area contributed by atoms with Crippen molar-refractivity contribution in [1.82, 2.24) is 10.6 Å². The summed E-state index contributed by atoms with van der Waals surface area (Å²) >= 11 is 0. The molecular weight excluding hydrogens is 304 g/mol. The molecule has 0 saturated carbocycles. The van der Waals surface area contributed by atoms with Gasteiger partial charge in [0.15, 0.2) is 0 Å². The predicted octanol–water partition coefficient (Wildman–Crippen LogP) is 1.92. The Balaban J connectivity index is 2.19. The van der Waals surface area contributed by atoms with Gasteiger partial charge in [-0.15, -0.1) is 6.42 Å². The van der Waals surface area contributed by atoms with E-state index in [9.17, 15) is 9.59 Å². The van der Waals surface area contributed by atoms with Crippen LogP contribution in [0.4, 0.5) is 0 Å². The van der Waals surface area contributed by atoms with Crippen LogP contribution in [0.1, 0.15) is 22.0 Å². The van der Waals surface area contributed by atoms with Gasteiger partial charge in [0.25, 0.3) is 5.91 Å². The van der Waals surface area contributed by atoms with Crippen LogP contribution in [-0.4, -0.2) is 25.5 Å². The average Bonchev–Trinajstić information content (AvgIpc) is 2.64. The molecule has 5 heteroatoms. The van der Waals surface area contributed by atoms with E-state index in [-0.39, 0.29) is 18.4 Å². The molecule has 5 nitrogen and oxygen atoms in total. The molecule has 2 rings (SSSR count). The van der Waals surface area contributed by atoms with Gasteiger partial charge < -0.3 is 15.4 Å². The number of hydrogen-bond acceptors (Lipinski definition) is 3. The Bertz CT molecular complexity index is 733. The molecule has 1 unspecified atom stereocenters. The zero-order valence-corrected chi connectivity index (χ0v) is 13.3. The third kappa shape index (κ3) is 4.37. The Morgan fingerprint density at radius 3 is 2.38 bits per heavy atom. The van der Waals surface area contributed by atoms with Crippen LogP contribution >= 0.6 is 0 Å². The first-order valence-electron chi connectivity index (χ1n) is 7.36. The number of benzene rings is 2. The SMILES string of the molecule is C#CCNC(=O)C(NC(=O)c1ccc(OC)cc1)c1ccccc1. The molecule has 0 heterocycles. The van der Waals surface area contributed by atoms with Gasteiger partial charge in [0, 0.05) is 5.56 Å². The minimum Gasteiger partial charge on any atom is -0.497 e. The van der Waals surface area contributed by atoms with Gasteiger partial charge in [0.1, 0.15) is 11.8 Å². The number of amides is 2. The second-order valence-electron chi connectivity index (χ2n) is 4.97. The van der Waals surface area contributed by atoms with Crippen molar-refractivity contribution in [2.75, 3.05) is 13.7 Å². The van der Waals surface area contributed by atoms with Crippen LogP contribution in [0.25, 0.3) is 0 Å². The Kier molecular flexibility index (Phi) is 5.98. The van der Waals surface area contributed by atoms with E-state index in [0.717, 1.165) is 0 Å². The number of methoxy groups -OCH3 is 1. The van der Waals surface area contributed by atoms with Crippen LogP contribution in [0.5, 0.6) is 5.75 Å². The number of hydrogen-bond donors (Lipinski definition) is 2. The third-order valence-electron chi connectivity index (χ3n) is 3.39. The summed E-state index contributed by atoms with van der Waals surface area (Å²) in [6.45, 7) is 0.0978. The van der Waals surface area contributed by atoms with E-state index in [1.165, 1.54) is 0 Å². The summed E-state index contributed by atoms with van der Waals surface area (Å²) in [5, 5.41) is 5.33. The molecule has 122 valence electrons. The lowest BCUT2D eigenvalue weighted by Crippen LogP contribution is -2.40. The van der Waals surface area contributed by atoms with Crippen LogP contribution in [0.2, 0.25) is 0 Å². The highest BCUT2D eigenvalue weighted by atomic mass is 16.5. The molecule has 24 heavy (non-hydrogen) atoms. The summed E-state index contributed by atoms with van der Waals surface area (Å²) in [4.78, 5) is 24.8. The van der Waals surface area contributed by atoms with Crippen LogP contribution < -0.4 is 15.4 Å². The first-order valence-corrected chi connectivity index (χ1v) is 7.36. The number of ether oxygens (including phenoxy) is 1. The molecule has 0 radical (unpaired) electrons. The van der Waals surface area contributed by atoms with Gasteiger partial charge in [0.05, 0.1) is 13.7 Å². The van der Waals surface area contributed by atoms with Crippen molar-refractivity contribution in [2.45, 2.75) is 6.04 Å². The fourth-order valence-electron chi connectivity index (χ4n) is 2.14. The summed E-state index contributed by atoms with van der Waals surface area (Å²) in [7, 11) is 1.55. The van der Waals surface area contributed by atoms with E-state index in [4.69, 9.17) is 11.2 Å². The summed E-state index contributed by atoms with van der Waals surface area (Å²) in [6, 6.07) is 14.8. The second-order valence-corrected chi connectivity index (χ2v) is 4.97. The van der Waals surface area contributed by atoms with Gasteiger partial charge in [-0.1, -0.05) is 36.3 Å². The van der Waals surface area contributed by atoms with Crippen molar-refractivity contribution in [3.8, 4) is 18.1 Å². The van der Waals surface area contributed by atoms with Crippen LogP contribution in [-0.2, 0) is 4.79 Å². The van der Waals surface area contributed by atoms with E-state index in [2.05, 4.69) is 16.6 Å². The van der Waals surface area contributed by atoms with Gasteiger partial charge >= 0.3 is 0 Å². The summed E-state index contributed by atoms with van der Waals surface area (Å²) < 4.78 is 5.07. The summed E-state index contributed by atoms with van der Waals surface area (Å²) in [5.74, 6) is 2.28. The van der Waals surface area contributed by atoms with Crippen molar-refractivity contribution in [3.63, 3.8) is 0 Å². The summed E-state index contributed by atoms with van der Waals surface area (Å²) in [6.07, 6.45) is 5.17. The number of carbonyl (C=O) groups is 2. The Morgan fingerprint density at radius 1 is 1.12 bits per heavy atom. The number of nitrogens with one attached hydrogen (secondary N) is 2. The molecule has 0 spiro atoms. The Hall–Kier alpha value is -3.26. The molecule has 2 amide bonds. The van der Waals surface area contributed by atoms with Gasteiger partial charge in [-0.25, -0.2) is 0 Å². The fourth-order valence-corrected chi connectivity index (χ4v) is 2.14. The van der Waals surface area contributed by atoms with E-state index >= 15 is 0 Å². The maximum Gasteiger partial charge on any atom is 0.252 e. The van der Waals surface area contributed by atoms with Crippen molar-refractivity contribution in [2.24, 2.45) is 0 Å². The molecular formula is C19H18N2O3. The Morgan fingerprint density at radius 2 is 1.79 bits per heavy atom. The van der Waals surface area contributed by atoms with Crippen molar-refractivity contribution in [1.29, 1.82) is 0 Å². The van der Waals surface area contributed by atoms with E-state index in [1.54, 1.807) is 55.6 Å². The molecule has 0 bridgehead atoms. The molecule has 1 atom stereocenters. The van der Waals surface area contributed by atoms with E-state index in [1.807, 2.05) is 6.07 Å². The topological polar surface area (TPSA) is 67.4 Å². The summed E-state index contributed by atoms with van der Waals surface area (Å²) in [5.41, 5.74) is 1.11. The zero-order valence-electron chi connectivity index (χ0n) is 13.3. The smallest absolute Gasteiger partial charge is 0.252 e. The largest absolute Gasteiger partial charge is 0.497 e. The van der Waals surface area contributed by atoms with E-state index in [0.29, 0.717) is 16.9 Å². The second kappa shape index (κ2) is 8.39. The van der Waals surface area contributed by atoms with Gasteiger partial charge in [-0.2, -0.15) is 0 Å². The standard InChI is InChI=1S/C19H18N2O3/c1-3-13-20-19(23)17(14-7-5-4-6-8-14)21-18(22)15-9-11-16(24-2)12-10-15/h1,4-12,17H,13H2,2H3,(H,20,23)(H,21,22). The molecule has 2 aromatic carbocycles. The third-order valence-corrected chi connectivity index (χ3v) is 3.39. The van der Waals surface area contributed by atoms with Crippen LogP contribution in [0.3, 0.4) is 0 Å². The van der Waals surface area contributed by atoms with Gasteiger partial charge in [-0.05, 0) is 29.8 Å². The number of carbonyl (C=O) groups excluding carboxylic acids is 2. The number of terminal acetylenes is 1. The molecule has 0 aliphatic carbocycles. The molecule has 0 aliphatic rings. The van der Waals surface area contributed by atoms with Crippen molar-refractivity contribution < 1.29 is 14.3 Å². The molecule has 2 aromatic rings. The van der Waals surface area contributed by atoms with Crippen LogP contribution in [0.15, 0.2) is 54.6 Å². The monoisotopic (exact) mass is 322 g/mol. The minimum absolute atomic E-state index is 0.0978. The minimum atomic E-state index is -0.825. The highest BCUT2D eigenvalue weighted by molar-refractivity contribution is 5.98. The maximum absolute atomic E-state index is 12.4. The number of rotatable bonds is 6.